The summed E-state index contributed by atoms with van der Waals surface area (Å²) in [5.74, 6) is 0.812. The molecule has 2 rings (SSSR count). The molecule has 6 heteroatoms. The van der Waals surface area contributed by atoms with E-state index in [9.17, 15) is 0 Å². The Labute approximate surface area is 108 Å². The molecule has 0 N–H and O–H groups in total. The second-order valence-corrected chi connectivity index (χ2v) is 4.24. The summed E-state index contributed by atoms with van der Waals surface area (Å²) in [5.41, 5.74) is 0. The van der Waals surface area contributed by atoms with Gasteiger partial charge in [0.15, 0.2) is 6.29 Å². The second-order valence-electron chi connectivity index (χ2n) is 4.24. The summed E-state index contributed by atoms with van der Waals surface area (Å²) in [5, 5.41) is 0. The first kappa shape index (κ1) is 13.2. The van der Waals surface area contributed by atoms with Crippen molar-refractivity contribution in [1.82, 2.24) is 14.9 Å². The summed E-state index contributed by atoms with van der Waals surface area (Å²) >= 11 is 0. The number of anilines is 1. The molecule has 0 aliphatic carbocycles. The molecule has 1 saturated heterocycles. The Kier molecular flexibility index (Phi) is 4.86. The average Bonchev–Trinajstić information content (AvgIpc) is 2.46. The van der Waals surface area contributed by atoms with Crippen LogP contribution in [0.4, 0.5) is 5.95 Å². The van der Waals surface area contributed by atoms with E-state index in [2.05, 4.69) is 19.8 Å². The topological polar surface area (TPSA) is 50.7 Å². The van der Waals surface area contributed by atoms with Gasteiger partial charge in [0.2, 0.25) is 5.95 Å². The van der Waals surface area contributed by atoms with Gasteiger partial charge in [-0.3, -0.25) is 4.90 Å². The Morgan fingerprint density at radius 2 is 1.72 bits per heavy atom. The van der Waals surface area contributed by atoms with Crippen LogP contribution in [0.15, 0.2) is 18.5 Å². The van der Waals surface area contributed by atoms with Gasteiger partial charge < -0.3 is 14.4 Å². The Balaban J connectivity index is 1.81. The number of hydrogen-bond acceptors (Lipinski definition) is 6. The molecule has 0 radical (unpaired) electrons. The smallest absolute Gasteiger partial charge is 0.225 e. The summed E-state index contributed by atoms with van der Waals surface area (Å²) in [7, 11) is 3.34. The number of ether oxygens (including phenoxy) is 2. The van der Waals surface area contributed by atoms with Crippen LogP contribution in [0, 0.1) is 0 Å². The third-order valence-electron chi connectivity index (χ3n) is 3.14. The van der Waals surface area contributed by atoms with E-state index in [0.717, 1.165) is 38.7 Å². The molecule has 0 aromatic carbocycles. The van der Waals surface area contributed by atoms with Crippen molar-refractivity contribution in [3.8, 4) is 0 Å². The maximum atomic E-state index is 5.21. The molecule has 0 spiro atoms. The lowest BCUT2D eigenvalue weighted by molar-refractivity contribution is -0.116. The lowest BCUT2D eigenvalue weighted by Gasteiger charge is -2.35. The van der Waals surface area contributed by atoms with E-state index in [1.54, 1.807) is 26.6 Å². The summed E-state index contributed by atoms with van der Waals surface area (Å²) in [6.07, 6.45) is 3.41. The van der Waals surface area contributed by atoms with Crippen molar-refractivity contribution in [3.05, 3.63) is 18.5 Å². The van der Waals surface area contributed by atoms with E-state index in [1.807, 2.05) is 6.07 Å². The standard InChI is InChI=1S/C12H20N4O2/c1-17-11(18-2)10-15-6-8-16(9-7-15)12-13-4-3-5-14-12/h3-5,11H,6-10H2,1-2H3. The van der Waals surface area contributed by atoms with Crippen LogP contribution in [-0.2, 0) is 9.47 Å². The zero-order valence-electron chi connectivity index (χ0n) is 11.0. The highest BCUT2D eigenvalue weighted by Gasteiger charge is 2.20. The van der Waals surface area contributed by atoms with Gasteiger partial charge in [0.25, 0.3) is 0 Å². The summed E-state index contributed by atoms with van der Waals surface area (Å²) in [6, 6.07) is 1.83. The molecule has 1 aromatic heterocycles. The highest BCUT2D eigenvalue weighted by atomic mass is 16.7. The summed E-state index contributed by atoms with van der Waals surface area (Å²) in [6.45, 7) is 4.62. The van der Waals surface area contributed by atoms with E-state index in [4.69, 9.17) is 9.47 Å². The van der Waals surface area contributed by atoms with Crippen molar-refractivity contribution in [1.29, 1.82) is 0 Å². The van der Waals surface area contributed by atoms with E-state index in [-0.39, 0.29) is 6.29 Å². The maximum Gasteiger partial charge on any atom is 0.225 e. The predicted octanol–water partition coefficient (Wildman–Crippen LogP) is 0.217. The fourth-order valence-corrected chi connectivity index (χ4v) is 2.04. The lowest BCUT2D eigenvalue weighted by Crippen LogP contribution is -2.49. The third-order valence-corrected chi connectivity index (χ3v) is 3.14. The third kappa shape index (κ3) is 3.38. The molecule has 1 aromatic rings. The fourth-order valence-electron chi connectivity index (χ4n) is 2.04. The molecule has 0 amide bonds. The van der Waals surface area contributed by atoms with Crippen LogP contribution in [0.2, 0.25) is 0 Å². The van der Waals surface area contributed by atoms with E-state index >= 15 is 0 Å². The van der Waals surface area contributed by atoms with Crippen molar-refractivity contribution in [2.75, 3.05) is 51.8 Å². The second kappa shape index (κ2) is 6.63. The molecule has 2 heterocycles. The van der Waals surface area contributed by atoms with E-state index in [1.165, 1.54) is 0 Å². The van der Waals surface area contributed by atoms with Crippen molar-refractivity contribution >= 4 is 5.95 Å². The SMILES string of the molecule is COC(CN1CCN(c2ncccn2)CC1)OC. The molecule has 100 valence electrons. The van der Waals surface area contributed by atoms with Gasteiger partial charge in [-0.25, -0.2) is 9.97 Å². The van der Waals surface area contributed by atoms with Gasteiger partial charge in [-0.15, -0.1) is 0 Å². The molecule has 6 nitrogen and oxygen atoms in total. The highest BCUT2D eigenvalue weighted by molar-refractivity contribution is 5.29. The number of rotatable bonds is 5. The van der Waals surface area contributed by atoms with Crippen LogP contribution in [0.3, 0.4) is 0 Å². The molecule has 0 unspecified atom stereocenters. The van der Waals surface area contributed by atoms with Crippen LogP contribution in [0.1, 0.15) is 0 Å². The van der Waals surface area contributed by atoms with Gasteiger partial charge in [0.05, 0.1) is 0 Å². The summed E-state index contributed by atoms with van der Waals surface area (Å²) < 4.78 is 10.4. The first-order valence-corrected chi connectivity index (χ1v) is 6.13. The minimum atomic E-state index is -0.149. The highest BCUT2D eigenvalue weighted by Crippen LogP contribution is 2.10. The minimum Gasteiger partial charge on any atom is -0.355 e. The molecular formula is C12H20N4O2. The van der Waals surface area contributed by atoms with Crippen molar-refractivity contribution in [3.63, 3.8) is 0 Å². The zero-order valence-corrected chi connectivity index (χ0v) is 11.0. The Bertz CT molecular complexity index is 337. The van der Waals surface area contributed by atoms with E-state index < -0.39 is 0 Å². The molecule has 18 heavy (non-hydrogen) atoms. The number of nitrogens with zero attached hydrogens (tertiary/aromatic N) is 4. The van der Waals surface area contributed by atoms with E-state index in [0.29, 0.717) is 0 Å². The Morgan fingerprint density at radius 1 is 1.11 bits per heavy atom. The number of hydrogen-bond donors (Lipinski definition) is 0. The monoisotopic (exact) mass is 252 g/mol. The van der Waals surface area contributed by atoms with Crippen LogP contribution in [-0.4, -0.2) is 68.1 Å². The molecule has 1 aliphatic heterocycles. The van der Waals surface area contributed by atoms with Gasteiger partial charge >= 0.3 is 0 Å². The molecule has 0 bridgehead atoms. The minimum absolute atomic E-state index is 0.149. The van der Waals surface area contributed by atoms with Gasteiger partial charge in [-0.1, -0.05) is 0 Å². The molecule has 0 atom stereocenters. The number of piperazine rings is 1. The van der Waals surface area contributed by atoms with Crippen LogP contribution < -0.4 is 4.90 Å². The first-order valence-electron chi connectivity index (χ1n) is 6.13. The number of aromatic nitrogens is 2. The van der Waals surface area contributed by atoms with Crippen LogP contribution >= 0.6 is 0 Å². The fraction of sp³-hybridized carbons (Fsp3) is 0.667. The van der Waals surface area contributed by atoms with Gasteiger partial charge in [-0.2, -0.15) is 0 Å². The normalized spacial score (nSPS) is 17.4. The predicted molar refractivity (Wildman–Crippen MR) is 68.5 cm³/mol. The molecule has 0 saturated carbocycles. The largest absolute Gasteiger partial charge is 0.355 e. The van der Waals surface area contributed by atoms with Crippen LogP contribution in [0.5, 0.6) is 0 Å². The average molecular weight is 252 g/mol. The first-order chi connectivity index (χ1) is 8.83. The quantitative estimate of drug-likeness (QED) is 0.699. The van der Waals surface area contributed by atoms with Crippen molar-refractivity contribution < 1.29 is 9.47 Å². The molecule has 1 aliphatic rings. The number of methoxy groups -OCH3 is 2. The van der Waals surface area contributed by atoms with Gasteiger partial charge in [-0.05, 0) is 6.07 Å². The summed E-state index contributed by atoms with van der Waals surface area (Å²) in [4.78, 5) is 13.1. The van der Waals surface area contributed by atoms with Gasteiger partial charge in [0, 0.05) is 59.3 Å². The van der Waals surface area contributed by atoms with Gasteiger partial charge in [0.1, 0.15) is 0 Å². The zero-order chi connectivity index (χ0) is 12.8. The van der Waals surface area contributed by atoms with Crippen LogP contribution in [0.25, 0.3) is 0 Å². The Morgan fingerprint density at radius 3 is 2.28 bits per heavy atom. The Hall–Kier alpha value is -1.24. The maximum absolute atomic E-state index is 5.21. The molecular weight excluding hydrogens is 232 g/mol. The van der Waals surface area contributed by atoms with Crippen molar-refractivity contribution in [2.45, 2.75) is 6.29 Å². The molecule has 1 fully saturated rings. The van der Waals surface area contributed by atoms with Crippen molar-refractivity contribution in [2.24, 2.45) is 0 Å². The lowest BCUT2D eigenvalue weighted by atomic mass is 10.3.